The van der Waals surface area contributed by atoms with Crippen LogP contribution in [-0.4, -0.2) is 11.6 Å². The van der Waals surface area contributed by atoms with Gasteiger partial charge in [-0.05, 0) is 66.4 Å². The highest BCUT2D eigenvalue weighted by atomic mass is 16.1. The fraction of sp³-hybridized carbons (Fsp3) is 0.700. The molecule has 5 nitrogen and oxygen atoms in total. The predicted octanol–water partition coefficient (Wildman–Crippen LogP) is 4.89. The van der Waals surface area contributed by atoms with Crippen molar-refractivity contribution in [2.75, 3.05) is 0 Å². The summed E-state index contributed by atoms with van der Waals surface area (Å²) < 4.78 is 0. The molecule has 0 radical (unpaired) electrons. The molecule has 3 fully saturated rings. The van der Waals surface area contributed by atoms with Gasteiger partial charge in [-0.1, -0.05) is 31.1 Å². The Hall–Kier alpha value is -1.87. The van der Waals surface area contributed by atoms with Crippen molar-refractivity contribution in [3.05, 3.63) is 33.9 Å². The lowest BCUT2D eigenvalue weighted by molar-refractivity contribution is -0.132. The number of nitrogens with zero attached hydrogens (tertiary/aromatic N) is 3. The Morgan fingerprint density at radius 2 is 1.84 bits per heavy atom. The van der Waals surface area contributed by atoms with Crippen LogP contribution in [0.15, 0.2) is 28.5 Å². The Kier molecular flexibility index (Phi) is 3.52. The van der Waals surface area contributed by atoms with E-state index >= 15 is 0 Å². The molecule has 0 aromatic heterocycles. The largest absolute Gasteiger partial charge is 0.299 e. The van der Waals surface area contributed by atoms with Crippen LogP contribution in [0.4, 0.5) is 0 Å². The van der Waals surface area contributed by atoms with Crippen molar-refractivity contribution in [2.45, 2.75) is 58.8 Å². The maximum absolute atomic E-state index is 12.5. The van der Waals surface area contributed by atoms with Gasteiger partial charge in [0.1, 0.15) is 5.78 Å². The molecule has 4 aliphatic rings. The van der Waals surface area contributed by atoms with Crippen molar-refractivity contribution in [1.29, 1.82) is 0 Å². The van der Waals surface area contributed by atoms with Crippen molar-refractivity contribution in [3.63, 3.8) is 0 Å². The van der Waals surface area contributed by atoms with E-state index in [1.165, 1.54) is 0 Å². The highest BCUT2D eigenvalue weighted by Gasteiger charge is 2.60. The van der Waals surface area contributed by atoms with Crippen molar-refractivity contribution in [3.8, 4) is 0 Å². The fourth-order valence-electron chi connectivity index (χ4n) is 6.64. The Morgan fingerprint density at radius 1 is 1.12 bits per heavy atom. The average Bonchev–Trinajstić information content (AvgIpc) is 2.87. The van der Waals surface area contributed by atoms with Gasteiger partial charge in [0, 0.05) is 23.2 Å². The Balaban J connectivity index is 1.82. The minimum Gasteiger partial charge on any atom is -0.299 e. The molecule has 3 saturated carbocycles. The third-order valence-electron chi connectivity index (χ3n) is 7.89. The number of fused-ring (bicyclic) bond motifs is 5. The summed E-state index contributed by atoms with van der Waals surface area (Å²) in [5.41, 5.74) is 10.7. The molecular weight excluding hydrogens is 314 g/mol. The van der Waals surface area contributed by atoms with E-state index in [4.69, 9.17) is 5.53 Å². The Labute approximate surface area is 148 Å². The van der Waals surface area contributed by atoms with E-state index in [0.29, 0.717) is 42.1 Å². The molecular formula is C20H25N3O2. The zero-order valence-electron chi connectivity index (χ0n) is 15.0. The first-order valence-electron chi connectivity index (χ1n) is 9.37. The molecule has 4 rings (SSSR count). The SMILES string of the molecule is C=C1C[C@@H]2[C@H](CC[C@]3(C)C(=O)CC[C@@H]23)[C@@]2(C)CCC(=O)C(N=[N+]=[N-])=C12. The van der Waals surface area contributed by atoms with E-state index in [2.05, 4.69) is 30.5 Å². The lowest BCUT2D eigenvalue weighted by atomic mass is 9.46. The van der Waals surface area contributed by atoms with E-state index in [1.54, 1.807) is 0 Å². The van der Waals surface area contributed by atoms with Crippen LogP contribution < -0.4 is 0 Å². The van der Waals surface area contributed by atoms with Gasteiger partial charge in [0.2, 0.25) is 0 Å². The molecule has 0 heterocycles. The van der Waals surface area contributed by atoms with Gasteiger partial charge in [-0.25, -0.2) is 0 Å². The van der Waals surface area contributed by atoms with Gasteiger partial charge < -0.3 is 0 Å². The van der Waals surface area contributed by atoms with Crippen molar-refractivity contribution >= 4 is 11.6 Å². The van der Waals surface area contributed by atoms with Gasteiger partial charge in [0.15, 0.2) is 5.78 Å². The summed E-state index contributed by atoms with van der Waals surface area (Å²) in [6, 6.07) is 0. The van der Waals surface area contributed by atoms with Crippen molar-refractivity contribution < 1.29 is 9.59 Å². The molecule has 0 N–H and O–H groups in total. The average molecular weight is 339 g/mol. The van der Waals surface area contributed by atoms with Crippen LogP contribution in [0, 0.1) is 28.6 Å². The number of ketones is 2. The van der Waals surface area contributed by atoms with Gasteiger partial charge in [0.25, 0.3) is 0 Å². The maximum Gasteiger partial charge on any atom is 0.165 e. The molecule has 4 aliphatic carbocycles. The molecule has 5 heteroatoms. The number of Topliss-reactive ketones (excluding diaryl/α,β-unsaturated/α-hetero) is 2. The van der Waals surface area contributed by atoms with Crippen LogP contribution >= 0.6 is 0 Å². The van der Waals surface area contributed by atoms with E-state index in [1.807, 2.05) is 0 Å². The van der Waals surface area contributed by atoms with Gasteiger partial charge in [-0.3, -0.25) is 9.59 Å². The highest BCUT2D eigenvalue weighted by molar-refractivity contribution is 5.98. The highest BCUT2D eigenvalue weighted by Crippen LogP contribution is 2.65. The van der Waals surface area contributed by atoms with Crippen LogP contribution in [0.5, 0.6) is 0 Å². The number of hydrogen-bond acceptors (Lipinski definition) is 3. The van der Waals surface area contributed by atoms with Gasteiger partial charge >= 0.3 is 0 Å². The predicted molar refractivity (Wildman–Crippen MR) is 94.3 cm³/mol. The summed E-state index contributed by atoms with van der Waals surface area (Å²) in [5, 5.41) is 3.77. The molecule has 0 aromatic rings. The normalized spacial score (nSPS) is 43.3. The zero-order valence-corrected chi connectivity index (χ0v) is 15.0. The van der Waals surface area contributed by atoms with Crippen molar-refractivity contribution in [2.24, 2.45) is 33.7 Å². The molecule has 25 heavy (non-hydrogen) atoms. The van der Waals surface area contributed by atoms with Crippen LogP contribution in [0.3, 0.4) is 0 Å². The Morgan fingerprint density at radius 3 is 2.56 bits per heavy atom. The smallest absolute Gasteiger partial charge is 0.165 e. The molecule has 0 aromatic carbocycles. The summed E-state index contributed by atoms with van der Waals surface area (Å²) in [5.74, 6) is 1.69. The van der Waals surface area contributed by atoms with E-state index < -0.39 is 0 Å². The van der Waals surface area contributed by atoms with Crippen LogP contribution in [0.25, 0.3) is 10.4 Å². The first-order valence-corrected chi connectivity index (χ1v) is 9.37. The molecule has 132 valence electrons. The first-order chi connectivity index (χ1) is 11.8. The maximum atomic E-state index is 12.5. The van der Waals surface area contributed by atoms with Crippen molar-refractivity contribution in [1.82, 2.24) is 0 Å². The number of carbonyl (C=O) groups excluding carboxylic acids is 2. The molecule has 0 bridgehead atoms. The van der Waals surface area contributed by atoms with Crippen LogP contribution in [0.2, 0.25) is 0 Å². The monoisotopic (exact) mass is 339 g/mol. The molecule has 0 unspecified atom stereocenters. The van der Waals surface area contributed by atoms with E-state index in [0.717, 1.165) is 43.3 Å². The summed E-state index contributed by atoms with van der Waals surface area (Å²) in [6.45, 7) is 8.67. The molecule has 5 atom stereocenters. The van der Waals surface area contributed by atoms with E-state index in [-0.39, 0.29) is 16.6 Å². The second-order valence-electron chi connectivity index (χ2n) is 8.86. The van der Waals surface area contributed by atoms with E-state index in [9.17, 15) is 9.59 Å². The number of carbonyl (C=O) groups is 2. The lowest BCUT2D eigenvalue weighted by Crippen LogP contribution is -2.51. The Bertz CT molecular complexity index is 776. The van der Waals surface area contributed by atoms with Crippen LogP contribution in [-0.2, 0) is 9.59 Å². The van der Waals surface area contributed by atoms with Gasteiger partial charge in [0.05, 0.1) is 5.70 Å². The lowest BCUT2D eigenvalue weighted by Gasteiger charge is -2.57. The zero-order chi connectivity index (χ0) is 18.0. The summed E-state index contributed by atoms with van der Waals surface area (Å²) in [6.07, 6.45) is 5.70. The molecule has 0 spiro atoms. The summed E-state index contributed by atoms with van der Waals surface area (Å²) >= 11 is 0. The second kappa shape index (κ2) is 5.31. The minimum absolute atomic E-state index is 0.0541. The number of allylic oxidation sites excluding steroid dienone is 2. The summed E-state index contributed by atoms with van der Waals surface area (Å²) in [4.78, 5) is 27.8. The van der Waals surface area contributed by atoms with Crippen LogP contribution in [0.1, 0.15) is 58.8 Å². The fourth-order valence-corrected chi connectivity index (χ4v) is 6.64. The quantitative estimate of drug-likeness (QED) is 0.387. The second-order valence-corrected chi connectivity index (χ2v) is 8.86. The van der Waals surface area contributed by atoms with Gasteiger partial charge in [-0.15, -0.1) is 0 Å². The third-order valence-corrected chi connectivity index (χ3v) is 7.89. The third kappa shape index (κ3) is 2.05. The summed E-state index contributed by atoms with van der Waals surface area (Å²) in [7, 11) is 0. The molecule has 0 aliphatic heterocycles. The molecule has 0 saturated heterocycles. The standard InChI is InChI=1S/C20H25N3O2/c1-11-10-12-13-4-5-16(25)19(13,2)8-6-14(12)20(3)9-7-15(24)18(17(11)20)22-23-21/h12-14H,1,4-10H2,2-3H3/t12-,13-,14-,19-,20+/m0/s1. The number of azide groups is 1. The molecule has 0 amide bonds. The number of hydrogen-bond donors (Lipinski definition) is 0. The van der Waals surface area contributed by atoms with Gasteiger partial charge in [-0.2, -0.15) is 0 Å². The first kappa shape index (κ1) is 16.6. The topological polar surface area (TPSA) is 82.9 Å². The minimum atomic E-state index is -0.169. The number of rotatable bonds is 1.